The predicted octanol–water partition coefficient (Wildman–Crippen LogP) is 3.95. The van der Waals surface area contributed by atoms with Crippen LogP contribution in [0.4, 0.5) is 10.5 Å². The number of carbonyl (C=O) groups excluding carboxylic acids is 4. The fourth-order valence-corrected chi connectivity index (χ4v) is 3.12. The minimum atomic E-state index is -1.40. The van der Waals surface area contributed by atoms with E-state index < -0.39 is 29.6 Å². The molecule has 1 aromatic carbocycles. The highest BCUT2D eigenvalue weighted by atomic mass is 35.5. The van der Waals surface area contributed by atoms with Crippen LogP contribution < -0.4 is 5.48 Å². The third kappa shape index (κ3) is 5.39. The molecule has 1 aromatic heterocycles. The Morgan fingerprint density at radius 1 is 1.10 bits per heavy atom. The van der Waals surface area contributed by atoms with Crippen molar-refractivity contribution in [2.75, 3.05) is 19.2 Å². The molecule has 31 heavy (non-hydrogen) atoms. The average Bonchev–Trinajstić information content (AvgIpc) is 2.98. The van der Waals surface area contributed by atoms with Crippen LogP contribution in [0.25, 0.3) is 10.9 Å². The Morgan fingerprint density at radius 3 is 2.29 bits per heavy atom. The number of methoxy groups -OCH3 is 1. The van der Waals surface area contributed by atoms with Crippen LogP contribution >= 0.6 is 23.2 Å². The van der Waals surface area contributed by atoms with Gasteiger partial charge in [-0.2, -0.15) is 0 Å². The SMILES string of the molecule is CCOC(=O)c1c(NOC(=O)C(=O)OC)c2c(Cl)cc(Cl)cc2n1C(=O)OC(C)(C)C. The van der Waals surface area contributed by atoms with Crippen LogP contribution in [0.1, 0.15) is 38.2 Å². The lowest BCUT2D eigenvalue weighted by Crippen LogP contribution is -2.29. The quantitative estimate of drug-likeness (QED) is 0.303. The fourth-order valence-electron chi connectivity index (χ4n) is 2.55. The first-order valence-corrected chi connectivity index (χ1v) is 9.65. The zero-order valence-electron chi connectivity index (χ0n) is 17.3. The van der Waals surface area contributed by atoms with Gasteiger partial charge in [0.2, 0.25) is 0 Å². The smallest absolute Gasteiger partial charge is 0.441 e. The zero-order valence-corrected chi connectivity index (χ0v) is 18.8. The van der Waals surface area contributed by atoms with Gasteiger partial charge in [0, 0.05) is 10.4 Å². The lowest BCUT2D eigenvalue weighted by molar-refractivity contribution is -0.164. The summed E-state index contributed by atoms with van der Waals surface area (Å²) < 4.78 is 15.6. The van der Waals surface area contributed by atoms with E-state index in [-0.39, 0.29) is 38.9 Å². The van der Waals surface area contributed by atoms with Crippen molar-refractivity contribution >= 4 is 63.8 Å². The molecule has 0 aliphatic rings. The van der Waals surface area contributed by atoms with Gasteiger partial charge in [-0.15, -0.1) is 0 Å². The molecule has 10 nitrogen and oxygen atoms in total. The minimum absolute atomic E-state index is 0.0203. The normalized spacial score (nSPS) is 11.1. The summed E-state index contributed by atoms with van der Waals surface area (Å²) in [5.41, 5.74) is 0.776. The lowest BCUT2D eigenvalue weighted by atomic mass is 10.2. The molecule has 0 saturated heterocycles. The molecule has 0 unspecified atom stereocenters. The van der Waals surface area contributed by atoms with Crippen LogP contribution in [0, 0.1) is 0 Å². The van der Waals surface area contributed by atoms with E-state index in [1.165, 1.54) is 12.1 Å². The Bertz CT molecular complexity index is 1060. The van der Waals surface area contributed by atoms with E-state index in [0.29, 0.717) is 0 Å². The van der Waals surface area contributed by atoms with Crippen molar-refractivity contribution in [2.45, 2.75) is 33.3 Å². The summed E-state index contributed by atoms with van der Waals surface area (Å²) in [6.07, 6.45) is -0.939. The molecule has 0 bridgehead atoms. The van der Waals surface area contributed by atoms with Crippen molar-refractivity contribution in [1.29, 1.82) is 0 Å². The number of hydrogen-bond donors (Lipinski definition) is 1. The van der Waals surface area contributed by atoms with Crippen molar-refractivity contribution in [2.24, 2.45) is 0 Å². The number of nitrogens with one attached hydrogen (secondary N) is 1. The molecule has 1 heterocycles. The van der Waals surface area contributed by atoms with E-state index in [4.69, 9.17) is 37.5 Å². The molecule has 0 aliphatic heterocycles. The third-order valence-corrected chi connectivity index (χ3v) is 4.14. The van der Waals surface area contributed by atoms with Gasteiger partial charge in [-0.25, -0.2) is 29.2 Å². The van der Waals surface area contributed by atoms with Crippen LogP contribution in [-0.2, 0) is 28.6 Å². The lowest BCUT2D eigenvalue weighted by Gasteiger charge is -2.20. The molecule has 0 fully saturated rings. The van der Waals surface area contributed by atoms with Crippen molar-refractivity contribution < 1.29 is 38.2 Å². The van der Waals surface area contributed by atoms with Gasteiger partial charge in [0.25, 0.3) is 0 Å². The summed E-state index contributed by atoms with van der Waals surface area (Å²) >= 11 is 12.4. The molecule has 0 aliphatic carbocycles. The van der Waals surface area contributed by atoms with Gasteiger partial charge < -0.3 is 19.0 Å². The summed E-state index contributed by atoms with van der Waals surface area (Å²) in [6, 6.07) is 2.72. The zero-order chi connectivity index (χ0) is 23.5. The fraction of sp³-hybridized carbons (Fsp3) is 0.368. The molecule has 0 radical (unpaired) electrons. The Hall–Kier alpha value is -2.98. The largest absolute Gasteiger partial charge is 0.461 e. The molecule has 0 spiro atoms. The molecule has 168 valence electrons. The number of rotatable bonds is 4. The van der Waals surface area contributed by atoms with Crippen molar-refractivity contribution in [3.8, 4) is 0 Å². The first-order chi connectivity index (χ1) is 14.4. The van der Waals surface area contributed by atoms with E-state index in [1.54, 1.807) is 27.7 Å². The maximum atomic E-state index is 13.0. The number of nitrogens with zero attached hydrogens (tertiary/aromatic N) is 1. The molecular formula is C19H20Cl2N2O8. The molecule has 1 N–H and O–H groups in total. The van der Waals surface area contributed by atoms with Gasteiger partial charge in [-0.1, -0.05) is 23.2 Å². The Kier molecular flexibility index (Phi) is 7.40. The number of hydrogen-bond acceptors (Lipinski definition) is 9. The molecule has 0 saturated carbocycles. The number of esters is 2. The van der Waals surface area contributed by atoms with Crippen LogP contribution in [0.2, 0.25) is 10.0 Å². The van der Waals surface area contributed by atoms with Crippen molar-refractivity contribution in [3.05, 3.63) is 27.9 Å². The Labute approximate surface area is 187 Å². The van der Waals surface area contributed by atoms with E-state index in [1.807, 2.05) is 0 Å². The predicted molar refractivity (Wildman–Crippen MR) is 111 cm³/mol. The Balaban J connectivity index is 2.78. The standard InChI is InChI=1S/C19H20Cl2N2O8/c1-6-29-15(24)14-13(22-31-17(26)16(25)28-5)12-10(21)7-9(20)8-11(12)23(14)18(27)30-19(2,3)4/h7-8,22H,6H2,1-5H3. The first kappa shape index (κ1) is 24.3. The highest BCUT2D eigenvalue weighted by molar-refractivity contribution is 6.40. The molecule has 2 rings (SSSR count). The number of fused-ring (bicyclic) bond motifs is 1. The van der Waals surface area contributed by atoms with Gasteiger partial charge in [-0.3, -0.25) is 0 Å². The van der Waals surface area contributed by atoms with Gasteiger partial charge in [0.05, 0.1) is 24.3 Å². The van der Waals surface area contributed by atoms with Gasteiger partial charge in [0.15, 0.2) is 5.69 Å². The van der Waals surface area contributed by atoms with Crippen LogP contribution in [0.15, 0.2) is 12.1 Å². The second kappa shape index (κ2) is 9.44. The second-order valence-corrected chi connectivity index (χ2v) is 7.87. The highest BCUT2D eigenvalue weighted by Crippen LogP contribution is 2.39. The third-order valence-electron chi connectivity index (χ3n) is 3.63. The van der Waals surface area contributed by atoms with Gasteiger partial charge in [-0.05, 0) is 39.8 Å². The van der Waals surface area contributed by atoms with Gasteiger partial charge >= 0.3 is 24.0 Å². The number of halogens is 2. The minimum Gasteiger partial charge on any atom is -0.461 e. The van der Waals surface area contributed by atoms with Crippen molar-refractivity contribution in [3.63, 3.8) is 0 Å². The average molecular weight is 475 g/mol. The second-order valence-electron chi connectivity index (χ2n) is 7.02. The highest BCUT2D eigenvalue weighted by Gasteiger charge is 2.32. The molecule has 0 atom stereocenters. The summed E-state index contributed by atoms with van der Waals surface area (Å²) in [4.78, 5) is 53.5. The van der Waals surface area contributed by atoms with E-state index in [2.05, 4.69) is 10.2 Å². The van der Waals surface area contributed by atoms with Gasteiger partial charge in [0.1, 0.15) is 11.3 Å². The van der Waals surface area contributed by atoms with Crippen LogP contribution in [0.5, 0.6) is 0 Å². The Morgan fingerprint density at radius 2 is 1.74 bits per heavy atom. The van der Waals surface area contributed by atoms with Crippen molar-refractivity contribution in [1.82, 2.24) is 4.57 Å². The summed E-state index contributed by atoms with van der Waals surface area (Å²) in [5.74, 6) is -3.65. The molecule has 2 aromatic rings. The number of carbonyl (C=O) groups is 4. The topological polar surface area (TPSA) is 122 Å². The van der Waals surface area contributed by atoms with E-state index >= 15 is 0 Å². The monoisotopic (exact) mass is 474 g/mol. The summed E-state index contributed by atoms with van der Waals surface area (Å²) in [7, 11) is 0.987. The van der Waals surface area contributed by atoms with Crippen LogP contribution in [-0.4, -0.2) is 47.9 Å². The number of anilines is 1. The van der Waals surface area contributed by atoms with E-state index in [0.717, 1.165) is 11.7 Å². The molecular weight excluding hydrogens is 455 g/mol. The van der Waals surface area contributed by atoms with E-state index in [9.17, 15) is 19.2 Å². The summed E-state index contributed by atoms with van der Waals surface area (Å²) in [6.45, 7) is 6.45. The number of ether oxygens (including phenoxy) is 3. The van der Waals surface area contributed by atoms with Crippen LogP contribution in [0.3, 0.4) is 0 Å². The maximum Gasteiger partial charge on any atom is 0.441 e. The number of benzene rings is 1. The molecule has 0 amide bonds. The summed E-state index contributed by atoms with van der Waals surface area (Å²) in [5, 5.41) is 0.276. The maximum absolute atomic E-state index is 13.0. The molecule has 12 heteroatoms. The number of aromatic nitrogens is 1. The first-order valence-electron chi connectivity index (χ1n) is 8.90.